The van der Waals surface area contributed by atoms with Crippen LogP contribution in [0, 0.1) is 0 Å². The summed E-state index contributed by atoms with van der Waals surface area (Å²) in [4.78, 5) is 0. The van der Waals surface area contributed by atoms with E-state index >= 15 is 0 Å². The fourth-order valence-corrected chi connectivity index (χ4v) is 7.51. The van der Waals surface area contributed by atoms with Crippen molar-refractivity contribution >= 4 is 28.0 Å². The summed E-state index contributed by atoms with van der Waals surface area (Å²) in [6, 6.07) is 33.9. The highest BCUT2D eigenvalue weighted by Crippen LogP contribution is 2.09. The molecule has 0 radical (unpaired) electrons. The lowest BCUT2D eigenvalue weighted by Gasteiger charge is -2.13. The lowest BCUT2D eigenvalue weighted by Crippen LogP contribution is -2.29. The van der Waals surface area contributed by atoms with E-state index in [4.69, 9.17) is 0 Å². The van der Waals surface area contributed by atoms with Gasteiger partial charge < -0.3 is 0 Å². The van der Waals surface area contributed by atoms with Crippen LogP contribution in [0.3, 0.4) is 0 Å². The zero-order chi connectivity index (χ0) is 16.8. The molecule has 0 N–H and O–H groups in total. The second kappa shape index (κ2) is 8.27. The van der Waals surface area contributed by atoms with E-state index in [9.17, 15) is 0 Å². The van der Waals surface area contributed by atoms with Crippen molar-refractivity contribution in [3.05, 3.63) is 96.1 Å². The van der Waals surface area contributed by atoms with Gasteiger partial charge in [0.2, 0.25) is 0 Å². The standard InChI is InChI=1S/C22H26Si2/c1-23(21-9-5-3-6-10-21)17-19-13-15-20(16-14-19)18-24(2)22-11-7-4-8-12-22/h3-16,23-24H,17-18H2,1-2H3. The van der Waals surface area contributed by atoms with Crippen LogP contribution in [0.1, 0.15) is 11.1 Å². The fourth-order valence-electron chi connectivity index (χ4n) is 3.32. The van der Waals surface area contributed by atoms with E-state index in [-0.39, 0.29) is 0 Å². The molecule has 0 saturated carbocycles. The molecule has 2 unspecified atom stereocenters. The number of hydrogen-bond acceptors (Lipinski definition) is 0. The SMILES string of the molecule is C[SiH](Cc1ccc(C[SiH](C)c2ccccc2)cc1)c1ccccc1. The van der Waals surface area contributed by atoms with Gasteiger partial charge in [0.05, 0.1) is 17.6 Å². The Hall–Kier alpha value is -1.91. The second-order valence-corrected chi connectivity index (χ2v) is 12.6. The van der Waals surface area contributed by atoms with Crippen LogP contribution in [0.2, 0.25) is 13.1 Å². The molecular weight excluding hydrogens is 320 g/mol. The van der Waals surface area contributed by atoms with Gasteiger partial charge in [-0.2, -0.15) is 0 Å². The van der Waals surface area contributed by atoms with Crippen molar-refractivity contribution in [1.29, 1.82) is 0 Å². The molecule has 0 aliphatic rings. The molecule has 122 valence electrons. The maximum atomic E-state index is 2.45. The number of hydrogen-bond donors (Lipinski definition) is 0. The minimum atomic E-state index is -0.872. The van der Waals surface area contributed by atoms with Crippen molar-refractivity contribution < 1.29 is 0 Å². The first-order valence-corrected chi connectivity index (χ1v) is 14.0. The Kier molecular flexibility index (Phi) is 5.83. The molecule has 0 amide bonds. The number of rotatable bonds is 6. The van der Waals surface area contributed by atoms with Crippen LogP contribution in [0.15, 0.2) is 84.9 Å². The van der Waals surface area contributed by atoms with Crippen LogP contribution in [-0.4, -0.2) is 17.6 Å². The van der Waals surface area contributed by atoms with E-state index < -0.39 is 17.6 Å². The lowest BCUT2D eigenvalue weighted by atomic mass is 10.2. The van der Waals surface area contributed by atoms with E-state index in [1.165, 1.54) is 23.2 Å². The zero-order valence-corrected chi connectivity index (χ0v) is 17.0. The van der Waals surface area contributed by atoms with Gasteiger partial charge in [-0.25, -0.2) is 0 Å². The molecule has 0 aliphatic carbocycles. The Morgan fingerprint density at radius 1 is 0.500 bits per heavy atom. The predicted molar refractivity (Wildman–Crippen MR) is 112 cm³/mol. The van der Waals surface area contributed by atoms with Gasteiger partial charge in [-0.3, -0.25) is 0 Å². The molecule has 3 rings (SSSR count). The van der Waals surface area contributed by atoms with Gasteiger partial charge in [0.15, 0.2) is 0 Å². The molecule has 0 aliphatic heterocycles. The highest BCUT2D eigenvalue weighted by Gasteiger charge is 2.10. The van der Waals surface area contributed by atoms with Gasteiger partial charge in [-0.15, -0.1) is 0 Å². The van der Waals surface area contributed by atoms with E-state index in [0.717, 1.165) is 0 Å². The first-order chi connectivity index (χ1) is 11.7. The van der Waals surface area contributed by atoms with Crippen molar-refractivity contribution in [2.45, 2.75) is 25.2 Å². The Morgan fingerprint density at radius 3 is 1.17 bits per heavy atom. The highest BCUT2D eigenvalue weighted by atomic mass is 28.3. The van der Waals surface area contributed by atoms with E-state index in [1.807, 2.05) is 0 Å². The molecule has 3 aromatic carbocycles. The third kappa shape index (κ3) is 4.56. The molecule has 0 fully saturated rings. The molecule has 2 heteroatoms. The molecule has 0 heterocycles. The topological polar surface area (TPSA) is 0 Å². The van der Waals surface area contributed by atoms with Crippen molar-refractivity contribution in [2.75, 3.05) is 0 Å². The van der Waals surface area contributed by atoms with E-state index in [1.54, 1.807) is 10.4 Å². The summed E-state index contributed by atoms with van der Waals surface area (Å²) in [7, 11) is -1.74. The molecule has 0 nitrogen and oxygen atoms in total. The molecule has 2 atom stereocenters. The predicted octanol–water partition coefficient (Wildman–Crippen LogP) is 3.38. The molecular formula is C22H26Si2. The summed E-state index contributed by atoms with van der Waals surface area (Å²) >= 11 is 0. The first kappa shape index (κ1) is 16.9. The summed E-state index contributed by atoms with van der Waals surface area (Å²) in [5.41, 5.74) is 2.99. The van der Waals surface area contributed by atoms with Crippen molar-refractivity contribution in [3.8, 4) is 0 Å². The molecule has 0 aromatic heterocycles. The van der Waals surface area contributed by atoms with Crippen LogP contribution in [0.5, 0.6) is 0 Å². The van der Waals surface area contributed by atoms with Crippen LogP contribution in [0.4, 0.5) is 0 Å². The maximum absolute atomic E-state index is 2.45. The summed E-state index contributed by atoms with van der Waals surface area (Å²) in [5.74, 6) is 0. The van der Waals surface area contributed by atoms with Gasteiger partial charge in [-0.1, -0.05) is 120 Å². The minimum Gasteiger partial charge on any atom is -0.0678 e. The van der Waals surface area contributed by atoms with Gasteiger partial charge in [-0.05, 0) is 12.1 Å². The maximum Gasteiger partial charge on any atom is 0.0720 e. The van der Waals surface area contributed by atoms with Crippen molar-refractivity contribution in [1.82, 2.24) is 0 Å². The molecule has 0 saturated heterocycles. The first-order valence-electron chi connectivity index (χ1n) is 8.90. The summed E-state index contributed by atoms with van der Waals surface area (Å²) in [6.45, 7) is 4.90. The molecule has 24 heavy (non-hydrogen) atoms. The summed E-state index contributed by atoms with van der Waals surface area (Å²) in [5, 5.41) is 3.12. The smallest absolute Gasteiger partial charge is 0.0678 e. The van der Waals surface area contributed by atoms with Crippen LogP contribution >= 0.6 is 0 Å². The van der Waals surface area contributed by atoms with Crippen LogP contribution in [0.25, 0.3) is 0 Å². The van der Waals surface area contributed by atoms with Gasteiger partial charge in [0, 0.05) is 0 Å². The third-order valence-corrected chi connectivity index (χ3v) is 10.1. The average Bonchev–Trinajstić information content (AvgIpc) is 2.65. The Balaban J connectivity index is 1.61. The average molecular weight is 347 g/mol. The third-order valence-electron chi connectivity index (χ3n) is 4.84. The second-order valence-electron chi connectivity index (χ2n) is 6.85. The molecule has 0 bridgehead atoms. The molecule has 0 spiro atoms. The summed E-state index contributed by atoms with van der Waals surface area (Å²) < 4.78 is 0. The van der Waals surface area contributed by atoms with Gasteiger partial charge in [0.1, 0.15) is 0 Å². The summed E-state index contributed by atoms with van der Waals surface area (Å²) in [6.07, 6.45) is 0. The zero-order valence-electron chi connectivity index (χ0n) is 14.7. The monoisotopic (exact) mass is 346 g/mol. The van der Waals surface area contributed by atoms with E-state index in [2.05, 4.69) is 98.0 Å². The van der Waals surface area contributed by atoms with Crippen molar-refractivity contribution in [2.24, 2.45) is 0 Å². The van der Waals surface area contributed by atoms with E-state index in [0.29, 0.717) is 0 Å². The van der Waals surface area contributed by atoms with Crippen LogP contribution in [-0.2, 0) is 12.1 Å². The largest absolute Gasteiger partial charge is 0.0720 e. The highest BCUT2D eigenvalue weighted by molar-refractivity contribution is 6.71. The minimum absolute atomic E-state index is 0.872. The van der Waals surface area contributed by atoms with Crippen molar-refractivity contribution in [3.63, 3.8) is 0 Å². The Labute approximate surface area is 149 Å². The quantitative estimate of drug-likeness (QED) is 0.600. The van der Waals surface area contributed by atoms with Crippen LogP contribution < -0.4 is 10.4 Å². The Bertz CT molecular complexity index is 669. The fraction of sp³-hybridized carbons (Fsp3) is 0.182. The van der Waals surface area contributed by atoms with Gasteiger partial charge >= 0.3 is 0 Å². The molecule has 3 aromatic rings. The van der Waals surface area contributed by atoms with Gasteiger partial charge in [0.25, 0.3) is 0 Å². The Morgan fingerprint density at radius 2 is 0.833 bits per heavy atom. The lowest BCUT2D eigenvalue weighted by molar-refractivity contribution is 1.30. The normalized spacial score (nSPS) is 13.4. The number of benzene rings is 3.